The van der Waals surface area contributed by atoms with Crippen LogP contribution in [0.3, 0.4) is 0 Å². The minimum atomic E-state index is -0.394. The van der Waals surface area contributed by atoms with Crippen LogP contribution in [0.4, 0.5) is 0 Å². The zero-order valence-corrected chi connectivity index (χ0v) is 16.1. The van der Waals surface area contributed by atoms with Gasteiger partial charge in [-0.25, -0.2) is 4.98 Å². The Morgan fingerprint density at radius 1 is 1.14 bits per heavy atom. The van der Waals surface area contributed by atoms with Crippen molar-refractivity contribution in [3.05, 3.63) is 47.9 Å². The predicted octanol–water partition coefficient (Wildman–Crippen LogP) is 4.67. The number of aromatic nitrogens is 1. The van der Waals surface area contributed by atoms with Gasteiger partial charge in [-0.1, -0.05) is 12.1 Å². The summed E-state index contributed by atoms with van der Waals surface area (Å²) in [6, 6.07) is 11.2. The van der Waals surface area contributed by atoms with Gasteiger partial charge in [-0.2, -0.15) is 0 Å². The van der Waals surface area contributed by atoms with E-state index in [1.54, 1.807) is 19.2 Å². The van der Waals surface area contributed by atoms with Crippen LogP contribution in [0, 0.1) is 0 Å². The summed E-state index contributed by atoms with van der Waals surface area (Å²) in [6.45, 7) is 1.36. The Labute approximate surface area is 163 Å². The molecule has 0 unspecified atom stereocenters. The van der Waals surface area contributed by atoms with Crippen molar-refractivity contribution in [1.82, 2.24) is 4.98 Å². The molecular weight excluding hydrogens is 358 g/mol. The summed E-state index contributed by atoms with van der Waals surface area (Å²) in [5, 5.41) is 0. The zero-order valence-electron chi connectivity index (χ0n) is 16.1. The molecule has 6 heteroatoms. The van der Waals surface area contributed by atoms with E-state index in [1.165, 1.54) is 19.8 Å². The number of fused-ring (bicyclic) bond motifs is 1. The van der Waals surface area contributed by atoms with Gasteiger partial charge in [0.05, 0.1) is 13.2 Å². The lowest BCUT2D eigenvalue weighted by Gasteiger charge is -2.16. The van der Waals surface area contributed by atoms with Crippen molar-refractivity contribution < 1.29 is 23.4 Å². The first kappa shape index (κ1) is 18.3. The topological polar surface area (TPSA) is 70.8 Å². The molecule has 146 valence electrons. The van der Waals surface area contributed by atoms with E-state index in [0.29, 0.717) is 29.2 Å². The maximum absolute atomic E-state index is 11.3. The molecule has 0 N–H and O–H groups in total. The molecule has 3 aromatic rings. The van der Waals surface area contributed by atoms with E-state index in [2.05, 4.69) is 4.98 Å². The number of carbonyl (C=O) groups excluding carboxylic acids is 1. The Balaban J connectivity index is 1.59. The van der Waals surface area contributed by atoms with Gasteiger partial charge < -0.3 is 18.6 Å². The second kappa shape index (κ2) is 7.92. The predicted molar refractivity (Wildman–Crippen MR) is 104 cm³/mol. The number of ether oxygens (including phenoxy) is 3. The highest BCUT2D eigenvalue weighted by Crippen LogP contribution is 2.33. The van der Waals surface area contributed by atoms with E-state index in [1.807, 2.05) is 24.3 Å². The number of nitrogens with zero attached hydrogens (tertiary/aromatic N) is 1. The molecule has 0 amide bonds. The summed E-state index contributed by atoms with van der Waals surface area (Å²) < 4.78 is 22.7. The van der Waals surface area contributed by atoms with E-state index in [-0.39, 0.29) is 6.10 Å². The maximum atomic E-state index is 11.3. The highest BCUT2D eigenvalue weighted by molar-refractivity contribution is 5.82. The summed E-state index contributed by atoms with van der Waals surface area (Å²) in [6.07, 6.45) is 5.33. The molecule has 1 fully saturated rings. The Bertz CT molecular complexity index is 988. The van der Waals surface area contributed by atoms with Gasteiger partial charge in [0.1, 0.15) is 5.52 Å². The second-order valence-electron chi connectivity index (χ2n) is 6.99. The molecule has 0 saturated heterocycles. The number of benzene rings is 2. The van der Waals surface area contributed by atoms with Crippen LogP contribution in [0.15, 0.2) is 40.8 Å². The lowest BCUT2D eigenvalue weighted by atomic mass is 10.1. The number of methoxy groups -OCH3 is 1. The highest BCUT2D eigenvalue weighted by atomic mass is 16.5. The molecule has 6 nitrogen and oxygen atoms in total. The number of para-hydroxylation sites is 1. The van der Waals surface area contributed by atoms with Gasteiger partial charge in [0.2, 0.25) is 0 Å². The van der Waals surface area contributed by atoms with Crippen LogP contribution in [0.2, 0.25) is 0 Å². The Morgan fingerprint density at radius 2 is 1.96 bits per heavy atom. The summed E-state index contributed by atoms with van der Waals surface area (Å²) in [7, 11) is 1.65. The van der Waals surface area contributed by atoms with E-state index >= 15 is 0 Å². The van der Waals surface area contributed by atoms with Gasteiger partial charge in [-0.05, 0) is 55.5 Å². The van der Waals surface area contributed by atoms with Crippen molar-refractivity contribution in [3.8, 4) is 17.2 Å². The van der Waals surface area contributed by atoms with Crippen LogP contribution < -0.4 is 14.2 Å². The first-order valence-electron chi connectivity index (χ1n) is 9.53. The number of oxazole rings is 1. The molecule has 0 atom stereocenters. The van der Waals surface area contributed by atoms with Crippen LogP contribution in [-0.2, 0) is 11.2 Å². The van der Waals surface area contributed by atoms with Gasteiger partial charge in [0.15, 0.2) is 28.7 Å². The third kappa shape index (κ3) is 3.96. The summed E-state index contributed by atoms with van der Waals surface area (Å²) in [4.78, 5) is 15.8. The van der Waals surface area contributed by atoms with Crippen LogP contribution in [0.25, 0.3) is 11.1 Å². The molecule has 1 aliphatic rings. The van der Waals surface area contributed by atoms with Crippen LogP contribution in [-0.4, -0.2) is 24.2 Å². The molecule has 1 aromatic heterocycles. The second-order valence-corrected chi connectivity index (χ2v) is 6.99. The van der Waals surface area contributed by atoms with Gasteiger partial charge in [0.25, 0.3) is 0 Å². The Kier molecular flexibility index (Phi) is 5.19. The maximum Gasteiger partial charge on any atom is 0.308 e. The average Bonchev–Trinajstić information content (AvgIpc) is 3.31. The fourth-order valence-corrected chi connectivity index (χ4v) is 3.56. The van der Waals surface area contributed by atoms with Crippen molar-refractivity contribution >= 4 is 17.1 Å². The van der Waals surface area contributed by atoms with Crippen molar-refractivity contribution in [3.63, 3.8) is 0 Å². The highest BCUT2D eigenvalue weighted by Gasteiger charge is 2.19. The number of carbonyl (C=O) groups is 1. The number of rotatable bonds is 6. The average molecular weight is 381 g/mol. The summed E-state index contributed by atoms with van der Waals surface area (Å²) >= 11 is 0. The van der Waals surface area contributed by atoms with E-state index < -0.39 is 5.97 Å². The van der Waals surface area contributed by atoms with Crippen molar-refractivity contribution in [1.29, 1.82) is 0 Å². The number of esters is 1. The lowest BCUT2D eigenvalue weighted by Crippen LogP contribution is -2.11. The number of hydrogen-bond acceptors (Lipinski definition) is 6. The third-order valence-corrected chi connectivity index (χ3v) is 4.86. The van der Waals surface area contributed by atoms with Crippen LogP contribution in [0.1, 0.15) is 44.1 Å². The monoisotopic (exact) mass is 381 g/mol. The normalized spacial score (nSPS) is 14.4. The minimum Gasteiger partial charge on any atom is -0.493 e. The first-order chi connectivity index (χ1) is 13.6. The lowest BCUT2D eigenvalue weighted by molar-refractivity contribution is -0.131. The zero-order chi connectivity index (χ0) is 19.5. The number of hydrogen-bond donors (Lipinski definition) is 0. The van der Waals surface area contributed by atoms with E-state index in [9.17, 15) is 4.79 Å². The fourth-order valence-electron chi connectivity index (χ4n) is 3.56. The van der Waals surface area contributed by atoms with Gasteiger partial charge >= 0.3 is 5.97 Å². The molecule has 0 bridgehead atoms. The molecule has 1 heterocycles. The molecule has 2 aromatic carbocycles. The van der Waals surface area contributed by atoms with E-state index in [0.717, 1.165) is 29.9 Å². The summed E-state index contributed by atoms with van der Waals surface area (Å²) in [5.41, 5.74) is 2.14. The smallest absolute Gasteiger partial charge is 0.308 e. The largest absolute Gasteiger partial charge is 0.493 e. The molecule has 0 spiro atoms. The minimum absolute atomic E-state index is 0.250. The van der Waals surface area contributed by atoms with Crippen LogP contribution in [0.5, 0.6) is 17.2 Å². The Morgan fingerprint density at radius 3 is 2.71 bits per heavy atom. The third-order valence-electron chi connectivity index (χ3n) is 4.86. The molecule has 1 saturated carbocycles. The first-order valence-corrected chi connectivity index (χ1v) is 9.53. The molecule has 1 aliphatic carbocycles. The quantitative estimate of drug-likeness (QED) is 0.456. The molecule has 28 heavy (non-hydrogen) atoms. The van der Waals surface area contributed by atoms with Crippen molar-refractivity contribution in [2.75, 3.05) is 7.11 Å². The van der Waals surface area contributed by atoms with Crippen molar-refractivity contribution in [2.45, 2.75) is 45.1 Å². The van der Waals surface area contributed by atoms with Gasteiger partial charge in [-0.3, -0.25) is 4.79 Å². The van der Waals surface area contributed by atoms with Gasteiger partial charge in [0, 0.05) is 13.3 Å². The van der Waals surface area contributed by atoms with Crippen LogP contribution >= 0.6 is 0 Å². The molecule has 0 aliphatic heterocycles. The standard InChI is InChI=1S/C22H23NO5/c1-14(24)26-19-9-5-8-17-22(19)28-21(23-17)13-15-10-11-18(25-2)20(12-15)27-16-6-3-4-7-16/h5,8-12,16H,3-4,6-7,13H2,1-2H3. The van der Waals surface area contributed by atoms with E-state index in [4.69, 9.17) is 18.6 Å². The SMILES string of the molecule is COc1ccc(Cc2nc3cccc(OC(C)=O)c3o2)cc1OC1CCCC1. The Hall–Kier alpha value is -3.02. The van der Waals surface area contributed by atoms with Gasteiger partial charge in [-0.15, -0.1) is 0 Å². The summed E-state index contributed by atoms with van der Waals surface area (Å²) in [5.74, 6) is 2.01. The molecular formula is C22H23NO5. The molecule has 4 rings (SSSR count). The fraction of sp³-hybridized carbons (Fsp3) is 0.364. The molecule has 0 radical (unpaired) electrons. The van der Waals surface area contributed by atoms with Crippen molar-refractivity contribution in [2.24, 2.45) is 0 Å².